The molecular weight excluding hydrogens is 615 g/mol. The molecular formula is C46H29NOS. The number of thiophene rings is 1. The number of rotatable bonds is 5. The SMILES string of the molecule is c1ccc(-c2cc3c4cccc(-c5ccc(N(c6ccccc6)c6cccc7c6sc6ccccc67)cc5)c4oc3c3ccccc23)cc1. The highest BCUT2D eigenvalue weighted by atomic mass is 32.1. The molecule has 0 unspecified atom stereocenters. The van der Waals surface area contributed by atoms with Gasteiger partial charge in [0.05, 0.1) is 10.4 Å². The Labute approximate surface area is 287 Å². The average molecular weight is 644 g/mol. The minimum atomic E-state index is 0.913. The predicted octanol–water partition coefficient (Wildman–Crippen LogP) is 13.9. The van der Waals surface area contributed by atoms with Crippen molar-refractivity contribution in [3.63, 3.8) is 0 Å². The molecule has 0 aliphatic rings. The van der Waals surface area contributed by atoms with E-state index in [1.54, 1.807) is 0 Å². The molecule has 10 rings (SSSR count). The van der Waals surface area contributed by atoms with Crippen LogP contribution in [0, 0.1) is 0 Å². The van der Waals surface area contributed by atoms with Crippen molar-refractivity contribution in [3.8, 4) is 22.3 Å². The Kier molecular flexibility index (Phi) is 6.39. The number of hydrogen-bond acceptors (Lipinski definition) is 3. The summed E-state index contributed by atoms with van der Waals surface area (Å²) in [5, 5.41) is 7.18. The van der Waals surface area contributed by atoms with Gasteiger partial charge in [-0.1, -0.05) is 133 Å². The van der Waals surface area contributed by atoms with Gasteiger partial charge in [-0.25, -0.2) is 0 Å². The van der Waals surface area contributed by atoms with Crippen molar-refractivity contribution in [1.82, 2.24) is 0 Å². The highest BCUT2D eigenvalue weighted by molar-refractivity contribution is 7.26. The number of fused-ring (bicyclic) bond motifs is 8. The molecule has 0 aliphatic heterocycles. The van der Waals surface area contributed by atoms with Crippen LogP contribution in [0.5, 0.6) is 0 Å². The second-order valence-electron chi connectivity index (χ2n) is 12.5. The molecule has 2 nitrogen and oxygen atoms in total. The first-order valence-corrected chi connectivity index (χ1v) is 17.4. The van der Waals surface area contributed by atoms with Crippen molar-refractivity contribution in [2.24, 2.45) is 0 Å². The van der Waals surface area contributed by atoms with Crippen molar-refractivity contribution in [2.75, 3.05) is 4.90 Å². The van der Waals surface area contributed by atoms with Crippen LogP contribution in [-0.2, 0) is 0 Å². The van der Waals surface area contributed by atoms with E-state index in [0.29, 0.717) is 0 Å². The Bertz CT molecular complexity index is 2810. The lowest BCUT2D eigenvalue weighted by Gasteiger charge is -2.26. The van der Waals surface area contributed by atoms with Crippen LogP contribution in [-0.4, -0.2) is 0 Å². The molecule has 3 heteroatoms. The van der Waals surface area contributed by atoms with Gasteiger partial charge in [-0.2, -0.15) is 0 Å². The fraction of sp³-hybridized carbons (Fsp3) is 0. The molecule has 10 aromatic rings. The van der Waals surface area contributed by atoms with Gasteiger partial charge in [0.25, 0.3) is 0 Å². The summed E-state index contributed by atoms with van der Waals surface area (Å²) in [7, 11) is 0. The van der Waals surface area contributed by atoms with E-state index in [1.807, 2.05) is 11.3 Å². The van der Waals surface area contributed by atoms with Gasteiger partial charge >= 0.3 is 0 Å². The molecule has 0 fully saturated rings. The van der Waals surface area contributed by atoms with Crippen molar-refractivity contribution >= 4 is 81.3 Å². The van der Waals surface area contributed by atoms with Crippen LogP contribution < -0.4 is 4.90 Å². The first-order valence-electron chi connectivity index (χ1n) is 16.6. The van der Waals surface area contributed by atoms with E-state index in [-0.39, 0.29) is 0 Å². The van der Waals surface area contributed by atoms with E-state index in [2.05, 4.69) is 181 Å². The number of hydrogen-bond donors (Lipinski definition) is 0. The molecule has 230 valence electrons. The number of furan rings is 1. The second-order valence-corrected chi connectivity index (χ2v) is 13.5. The van der Waals surface area contributed by atoms with Gasteiger partial charge in [0.1, 0.15) is 11.2 Å². The number of nitrogens with zero attached hydrogens (tertiary/aromatic N) is 1. The summed E-state index contributed by atoms with van der Waals surface area (Å²) in [6.45, 7) is 0. The lowest BCUT2D eigenvalue weighted by atomic mass is 9.95. The zero-order valence-electron chi connectivity index (χ0n) is 26.5. The molecule has 0 radical (unpaired) electrons. The van der Waals surface area contributed by atoms with Crippen molar-refractivity contribution in [2.45, 2.75) is 0 Å². The summed E-state index contributed by atoms with van der Waals surface area (Å²) in [5.74, 6) is 0. The normalized spacial score (nSPS) is 11.7. The lowest BCUT2D eigenvalue weighted by molar-refractivity contribution is 0.674. The Morgan fingerprint density at radius 3 is 1.80 bits per heavy atom. The summed E-state index contributed by atoms with van der Waals surface area (Å²) < 4.78 is 9.41. The summed E-state index contributed by atoms with van der Waals surface area (Å²) in [4.78, 5) is 2.38. The Balaban J connectivity index is 1.13. The monoisotopic (exact) mass is 643 g/mol. The van der Waals surface area contributed by atoms with Crippen LogP contribution in [0.2, 0.25) is 0 Å². The summed E-state index contributed by atoms with van der Waals surface area (Å²) in [6, 6.07) is 63.0. The molecule has 0 amide bonds. The van der Waals surface area contributed by atoms with Gasteiger partial charge in [-0.05, 0) is 64.5 Å². The average Bonchev–Trinajstić information content (AvgIpc) is 3.75. The van der Waals surface area contributed by atoms with Crippen LogP contribution in [0.3, 0.4) is 0 Å². The fourth-order valence-electron chi connectivity index (χ4n) is 7.41. The fourth-order valence-corrected chi connectivity index (χ4v) is 8.61. The molecule has 0 saturated carbocycles. The second kappa shape index (κ2) is 11.2. The molecule has 0 atom stereocenters. The molecule has 49 heavy (non-hydrogen) atoms. The number of anilines is 3. The van der Waals surface area contributed by atoms with E-state index in [4.69, 9.17) is 4.42 Å². The summed E-state index contributed by atoms with van der Waals surface area (Å²) in [6.07, 6.45) is 0. The molecule has 2 heterocycles. The van der Waals surface area contributed by atoms with Gasteiger partial charge in [0, 0.05) is 48.6 Å². The lowest BCUT2D eigenvalue weighted by Crippen LogP contribution is -2.09. The summed E-state index contributed by atoms with van der Waals surface area (Å²) in [5.41, 5.74) is 9.88. The molecule has 0 aliphatic carbocycles. The minimum Gasteiger partial charge on any atom is -0.455 e. The minimum absolute atomic E-state index is 0.913. The van der Waals surface area contributed by atoms with Crippen LogP contribution in [0.25, 0.3) is 75.1 Å². The first-order chi connectivity index (χ1) is 24.3. The Morgan fingerprint density at radius 2 is 0.980 bits per heavy atom. The highest BCUT2D eigenvalue weighted by Crippen LogP contribution is 2.46. The van der Waals surface area contributed by atoms with Crippen LogP contribution in [0.1, 0.15) is 0 Å². The zero-order chi connectivity index (χ0) is 32.3. The molecule has 0 spiro atoms. The Morgan fingerprint density at radius 1 is 0.388 bits per heavy atom. The number of para-hydroxylation sites is 2. The summed E-state index contributed by atoms with van der Waals surface area (Å²) >= 11 is 1.86. The quantitative estimate of drug-likeness (QED) is 0.186. The predicted molar refractivity (Wildman–Crippen MR) is 210 cm³/mol. The third kappa shape index (κ3) is 4.47. The first kappa shape index (κ1) is 27.9. The highest BCUT2D eigenvalue weighted by Gasteiger charge is 2.20. The van der Waals surface area contributed by atoms with Crippen LogP contribution >= 0.6 is 11.3 Å². The van der Waals surface area contributed by atoms with Crippen molar-refractivity contribution in [1.29, 1.82) is 0 Å². The Hall–Kier alpha value is -6.16. The third-order valence-corrected chi connectivity index (χ3v) is 10.9. The molecule has 0 saturated heterocycles. The van der Waals surface area contributed by atoms with Crippen LogP contribution in [0.15, 0.2) is 180 Å². The van der Waals surface area contributed by atoms with E-state index in [0.717, 1.165) is 49.8 Å². The largest absolute Gasteiger partial charge is 0.455 e. The third-order valence-electron chi connectivity index (χ3n) is 9.66. The van der Waals surface area contributed by atoms with Gasteiger partial charge in [0.15, 0.2) is 0 Å². The van der Waals surface area contributed by atoms with Crippen LogP contribution in [0.4, 0.5) is 17.1 Å². The van der Waals surface area contributed by atoms with Crippen molar-refractivity contribution in [3.05, 3.63) is 176 Å². The maximum atomic E-state index is 6.83. The molecule has 2 aromatic heterocycles. The van der Waals surface area contributed by atoms with E-state index < -0.39 is 0 Å². The molecule has 8 aromatic carbocycles. The zero-order valence-corrected chi connectivity index (χ0v) is 27.3. The molecule has 0 bridgehead atoms. The van der Waals surface area contributed by atoms with Gasteiger partial charge < -0.3 is 9.32 Å². The van der Waals surface area contributed by atoms with Gasteiger partial charge in [0.2, 0.25) is 0 Å². The topological polar surface area (TPSA) is 16.4 Å². The maximum absolute atomic E-state index is 6.83. The van der Waals surface area contributed by atoms with E-state index in [9.17, 15) is 0 Å². The smallest absolute Gasteiger partial charge is 0.143 e. The van der Waals surface area contributed by atoms with Gasteiger partial charge in [-0.15, -0.1) is 11.3 Å². The maximum Gasteiger partial charge on any atom is 0.143 e. The van der Waals surface area contributed by atoms with Crippen molar-refractivity contribution < 1.29 is 4.42 Å². The number of benzene rings is 8. The molecule has 0 N–H and O–H groups in total. The van der Waals surface area contributed by atoms with Gasteiger partial charge in [-0.3, -0.25) is 0 Å². The standard InChI is InChI=1S/C46H29NOS/c1-3-13-30(14-4-1)40-29-41-38-21-11-20-34(44(38)48-45(41)37-19-8-7-17-35(37)40)31-25-27-33(28-26-31)47(32-15-5-2-6-16-32)42-23-12-22-39-36-18-9-10-24-43(36)49-46(39)42/h1-29H. The van der Waals surface area contributed by atoms with E-state index in [1.165, 1.54) is 42.4 Å². The van der Waals surface area contributed by atoms with E-state index >= 15 is 0 Å².